The van der Waals surface area contributed by atoms with Crippen LogP contribution >= 0.6 is 0 Å². The van der Waals surface area contributed by atoms with E-state index in [4.69, 9.17) is 0 Å². The minimum Gasteiger partial charge on any atom is -0.303 e. The number of aromatic nitrogens is 4. The van der Waals surface area contributed by atoms with E-state index in [1.165, 1.54) is 17.2 Å². The maximum atomic E-state index is 12.7. The lowest BCUT2D eigenvalue weighted by Crippen LogP contribution is -2.37. The van der Waals surface area contributed by atoms with Crippen LogP contribution in [0.3, 0.4) is 0 Å². The Morgan fingerprint density at radius 2 is 1.81 bits per heavy atom. The first-order valence-corrected chi connectivity index (χ1v) is 8.81. The maximum Gasteiger partial charge on any atom is 0.332 e. The minimum absolute atomic E-state index is 0.283. The molecular weight excluding hydrogens is 344 g/mol. The smallest absolute Gasteiger partial charge is 0.303 e. The average Bonchev–Trinajstić information content (AvgIpc) is 2.98. The number of anilines is 1. The fraction of sp³-hybridized carbons (Fsp3) is 0.368. The molecule has 8 nitrogen and oxygen atoms in total. The molecule has 2 aromatic heterocycles. The van der Waals surface area contributed by atoms with Crippen molar-refractivity contribution in [2.75, 3.05) is 5.43 Å². The number of hydrogen-bond donors (Lipinski definition) is 1. The van der Waals surface area contributed by atoms with Gasteiger partial charge in [0.1, 0.15) is 0 Å². The summed E-state index contributed by atoms with van der Waals surface area (Å²) in [6.45, 7) is 6.71. The summed E-state index contributed by atoms with van der Waals surface area (Å²) < 4.78 is 4.26. The molecule has 0 atom stereocenters. The molecule has 3 rings (SSSR count). The Kier molecular flexibility index (Phi) is 4.98. The van der Waals surface area contributed by atoms with Crippen molar-refractivity contribution in [1.29, 1.82) is 0 Å². The highest BCUT2D eigenvalue weighted by Gasteiger charge is 2.19. The van der Waals surface area contributed by atoms with Crippen molar-refractivity contribution in [3.8, 4) is 0 Å². The second kappa shape index (κ2) is 7.22. The summed E-state index contributed by atoms with van der Waals surface area (Å²) in [6.07, 6.45) is 1.69. The van der Waals surface area contributed by atoms with Crippen molar-refractivity contribution in [3.63, 3.8) is 0 Å². The fourth-order valence-electron chi connectivity index (χ4n) is 2.89. The number of aryl methyl sites for hydroxylation is 2. The van der Waals surface area contributed by atoms with E-state index in [2.05, 4.69) is 29.4 Å². The van der Waals surface area contributed by atoms with Crippen LogP contribution in [0.25, 0.3) is 11.2 Å². The van der Waals surface area contributed by atoms with E-state index >= 15 is 0 Å². The van der Waals surface area contributed by atoms with Crippen molar-refractivity contribution in [3.05, 3.63) is 56.2 Å². The molecule has 0 saturated carbocycles. The summed E-state index contributed by atoms with van der Waals surface area (Å²) in [5, 5.41) is 4.25. The molecule has 1 N–H and O–H groups in total. The Balaban J connectivity index is 2.07. The highest BCUT2D eigenvalue weighted by molar-refractivity contribution is 5.80. The molecule has 0 bridgehead atoms. The Morgan fingerprint density at radius 3 is 2.44 bits per heavy atom. The molecule has 0 aliphatic heterocycles. The summed E-state index contributed by atoms with van der Waals surface area (Å²) in [4.78, 5) is 29.3. The summed E-state index contributed by atoms with van der Waals surface area (Å²) in [7, 11) is 3.08. The first-order chi connectivity index (χ1) is 12.8. The van der Waals surface area contributed by atoms with Crippen molar-refractivity contribution in [2.24, 2.45) is 25.1 Å². The monoisotopic (exact) mass is 368 g/mol. The quantitative estimate of drug-likeness (QED) is 0.550. The number of hydrazone groups is 1. The first kappa shape index (κ1) is 18.6. The van der Waals surface area contributed by atoms with Gasteiger partial charge in [-0.05, 0) is 18.4 Å². The van der Waals surface area contributed by atoms with Crippen molar-refractivity contribution in [2.45, 2.75) is 27.3 Å². The van der Waals surface area contributed by atoms with E-state index in [1.54, 1.807) is 17.8 Å². The summed E-state index contributed by atoms with van der Waals surface area (Å²) in [5.41, 5.74) is 5.01. The zero-order valence-electron chi connectivity index (χ0n) is 16.2. The average molecular weight is 368 g/mol. The molecule has 0 aliphatic rings. The van der Waals surface area contributed by atoms with Gasteiger partial charge in [0.2, 0.25) is 5.95 Å². The number of benzene rings is 1. The van der Waals surface area contributed by atoms with Gasteiger partial charge in [0, 0.05) is 20.6 Å². The molecule has 1 aromatic carbocycles. The Labute approximate surface area is 156 Å². The van der Waals surface area contributed by atoms with Crippen molar-refractivity contribution >= 4 is 23.3 Å². The molecule has 0 spiro atoms. The van der Waals surface area contributed by atoms with Gasteiger partial charge in [0.05, 0.1) is 6.21 Å². The normalized spacial score (nSPS) is 11.8. The predicted molar refractivity (Wildman–Crippen MR) is 107 cm³/mol. The SMILES string of the molecule is Cc1ccc(C=NNc2nc3c(c(=O)n(C)c(=O)n3C)n2CC(C)C)cc1. The van der Waals surface area contributed by atoms with Gasteiger partial charge >= 0.3 is 5.69 Å². The number of nitrogens with one attached hydrogen (secondary N) is 1. The van der Waals surface area contributed by atoms with Gasteiger partial charge in [0.25, 0.3) is 5.56 Å². The van der Waals surface area contributed by atoms with Crippen LogP contribution in [0.4, 0.5) is 5.95 Å². The molecule has 0 saturated heterocycles. The van der Waals surface area contributed by atoms with E-state index in [9.17, 15) is 9.59 Å². The molecule has 2 heterocycles. The Hall–Kier alpha value is -3.16. The van der Waals surface area contributed by atoms with E-state index in [0.717, 1.165) is 10.1 Å². The van der Waals surface area contributed by atoms with Gasteiger partial charge in [0.15, 0.2) is 11.2 Å². The largest absolute Gasteiger partial charge is 0.332 e. The first-order valence-electron chi connectivity index (χ1n) is 8.81. The number of nitrogens with zero attached hydrogens (tertiary/aromatic N) is 5. The summed E-state index contributed by atoms with van der Waals surface area (Å²) in [5.74, 6) is 0.714. The van der Waals surface area contributed by atoms with Crippen molar-refractivity contribution < 1.29 is 0 Å². The topological polar surface area (TPSA) is 86.2 Å². The zero-order chi connectivity index (χ0) is 19.7. The van der Waals surface area contributed by atoms with Gasteiger partial charge in [-0.1, -0.05) is 43.7 Å². The van der Waals surface area contributed by atoms with Gasteiger partial charge < -0.3 is 4.57 Å². The highest BCUT2D eigenvalue weighted by Crippen LogP contribution is 2.17. The molecule has 0 radical (unpaired) electrons. The second-order valence-electron chi connectivity index (χ2n) is 7.10. The van der Waals surface area contributed by atoms with Crippen molar-refractivity contribution in [1.82, 2.24) is 18.7 Å². The third-order valence-electron chi connectivity index (χ3n) is 4.35. The van der Waals surface area contributed by atoms with Crippen LogP contribution in [-0.2, 0) is 20.6 Å². The third-order valence-corrected chi connectivity index (χ3v) is 4.35. The number of imidazole rings is 1. The molecule has 0 aliphatic carbocycles. The molecule has 0 fully saturated rings. The lowest BCUT2D eigenvalue weighted by molar-refractivity contribution is 0.534. The molecule has 3 aromatic rings. The lowest BCUT2D eigenvalue weighted by Gasteiger charge is -2.11. The Bertz CT molecular complexity index is 1120. The van der Waals surface area contributed by atoms with E-state index < -0.39 is 5.69 Å². The predicted octanol–water partition coefficient (Wildman–Crippen LogP) is 1.84. The molecular formula is C19H24N6O2. The van der Waals surface area contributed by atoms with Gasteiger partial charge in [-0.25, -0.2) is 10.2 Å². The van der Waals surface area contributed by atoms with Crippen LogP contribution < -0.4 is 16.7 Å². The molecule has 8 heteroatoms. The minimum atomic E-state index is -0.406. The highest BCUT2D eigenvalue weighted by atomic mass is 16.2. The van der Waals surface area contributed by atoms with Crippen LogP contribution in [0.1, 0.15) is 25.0 Å². The van der Waals surface area contributed by atoms with Crippen LogP contribution in [-0.4, -0.2) is 24.9 Å². The molecule has 27 heavy (non-hydrogen) atoms. The van der Waals surface area contributed by atoms with E-state index in [-0.39, 0.29) is 11.5 Å². The van der Waals surface area contributed by atoms with Crippen LogP contribution in [0, 0.1) is 12.8 Å². The zero-order valence-corrected chi connectivity index (χ0v) is 16.2. The van der Waals surface area contributed by atoms with Crippen LogP contribution in [0.5, 0.6) is 0 Å². The number of rotatable bonds is 5. The summed E-state index contributed by atoms with van der Waals surface area (Å²) in [6, 6.07) is 7.96. The van der Waals surface area contributed by atoms with Gasteiger partial charge in [-0.3, -0.25) is 13.9 Å². The van der Waals surface area contributed by atoms with Gasteiger partial charge in [-0.15, -0.1) is 0 Å². The lowest BCUT2D eigenvalue weighted by atomic mass is 10.2. The maximum absolute atomic E-state index is 12.7. The van der Waals surface area contributed by atoms with Gasteiger partial charge in [-0.2, -0.15) is 10.1 Å². The standard InChI is InChI=1S/C19H24N6O2/c1-12(2)11-25-15-16(23(4)19(27)24(5)17(15)26)21-18(25)22-20-10-14-8-6-13(3)7-9-14/h6-10,12H,11H2,1-5H3,(H,21,22). The fourth-order valence-corrected chi connectivity index (χ4v) is 2.89. The third kappa shape index (κ3) is 3.55. The van der Waals surface area contributed by atoms with Crippen LogP contribution in [0.15, 0.2) is 39.0 Å². The molecule has 0 amide bonds. The van der Waals surface area contributed by atoms with E-state index in [1.807, 2.05) is 31.2 Å². The second-order valence-corrected chi connectivity index (χ2v) is 7.10. The molecule has 0 unspecified atom stereocenters. The number of fused-ring (bicyclic) bond motifs is 1. The Morgan fingerprint density at radius 1 is 1.15 bits per heavy atom. The molecule has 142 valence electrons. The number of hydrogen-bond acceptors (Lipinski definition) is 5. The van der Waals surface area contributed by atoms with Crippen LogP contribution in [0.2, 0.25) is 0 Å². The summed E-state index contributed by atoms with van der Waals surface area (Å²) >= 11 is 0. The van der Waals surface area contributed by atoms with E-state index in [0.29, 0.717) is 23.7 Å².